The van der Waals surface area contributed by atoms with Crippen LogP contribution in [0.15, 0.2) is 53.4 Å². The molecule has 0 unspecified atom stereocenters. The van der Waals surface area contributed by atoms with Gasteiger partial charge in [-0.05, 0) is 30.5 Å². The molecule has 0 atom stereocenters. The van der Waals surface area contributed by atoms with Crippen LogP contribution in [0.1, 0.15) is 15.9 Å². The van der Waals surface area contributed by atoms with Crippen molar-refractivity contribution in [3.8, 4) is 0 Å². The minimum Gasteiger partial charge on any atom is -0.321 e. The normalized spacial score (nSPS) is 12.7. The summed E-state index contributed by atoms with van der Waals surface area (Å²) in [4.78, 5) is 12.0. The molecule has 0 saturated carbocycles. The number of rotatable bonds is 4. The van der Waals surface area contributed by atoms with E-state index in [9.17, 15) is 35.5 Å². The SMILES string of the molecule is CSc1cc(C(F)(C(F)(F)F)C(F)(F)F)ccc1NC(=O)c1ccccc1. The molecule has 0 fully saturated rings. The summed E-state index contributed by atoms with van der Waals surface area (Å²) < 4.78 is 91.5. The Morgan fingerprint density at radius 3 is 1.93 bits per heavy atom. The minimum absolute atomic E-state index is 0.0354. The molecular formula is C17H12F7NOS. The fraction of sp³-hybridized carbons (Fsp3) is 0.235. The van der Waals surface area contributed by atoms with E-state index >= 15 is 0 Å². The molecule has 0 aromatic heterocycles. The highest BCUT2D eigenvalue weighted by molar-refractivity contribution is 7.98. The van der Waals surface area contributed by atoms with Gasteiger partial charge in [-0.1, -0.05) is 24.3 Å². The third-order valence-electron chi connectivity index (χ3n) is 3.66. The van der Waals surface area contributed by atoms with E-state index in [1.165, 1.54) is 18.4 Å². The maximum atomic E-state index is 14.2. The van der Waals surface area contributed by atoms with Gasteiger partial charge in [0.25, 0.3) is 5.91 Å². The monoisotopic (exact) mass is 411 g/mol. The first-order valence-electron chi connectivity index (χ1n) is 7.29. The summed E-state index contributed by atoms with van der Waals surface area (Å²) in [7, 11) is 0. The molecule has 2 nitrogen and oxygen atoms in total. The summed E-state index contributed by atoms with van der Waals surface area (Å²) in [5, 5.41) is 2.39. The van der Waals surface area contributed by atoms with Crippen molar-refractivity contribution in [2.45, 2.75) is 22.9 Å². The number of anilines is 1. The Labute approximate surface area is 153 Å². The Balaban J connectivity index is 2.45. The minimum atomic E-state index is -6.20. The molecule has 2 aromatic carbocycles. The highest BCUT2D eigenvalue weighted by atomic mass is 32.2. The first-order valence-corrected chi connectivity index (χ1v) is 8.51. The lowest BCUT2D eigenvalue weighted by Gasteiger charge is -2.30. The second-order valence-electron chi connectivity index (χ2n) is 5.39. The summed E-state index contributed by atoms with van der Waals surface area (Å²) in [6.07, 6.45) is -11.0. The molecule has 1 N–H and O–H groups in total. The van der Waals surface area contributed by atoms with Gasteiger partial charge in [0, 0.05) is 16.0 Å². The topological polar surface area (TPSA) is 29.1 Å². The predicted octanol–water partition coefficient (Wildman–Crippen LogP) is 5.95. The smallest absolute Gasteiger partial charge is 0.321 e. The molecule has 146 valence electrons. The second kappa shape index (κ2) is 7.41. The van der Waals surface area contributed by atoms with Gasteiger partial charge >= 0.3 is 18.0 Å². The maximum absolute atomic E-state index is 14.2. The van der Waals surface area contributed by atoms with Gasteiger partial charge in [0.05, 0.1) is 5.69 Å². The van der Waals surface area contributed by atoms with Crippen molar-refractivity contribution < 1.29 is 35.5 Å². The Morgan fingerprint density at radius 1 is 0.889 bits per heavy atom. The predicted molar refractivity (Wildman–Crippen MR) is 87.5 cm³/mol. The maximum Gasteiger partial charge on any atom is 0.435 e. The first-order chi connectivity index (χ1) is 12.4. The van der Waals surface area contributed by atoms with Crippen LogP contribution in [0.3, 0.4) is 0 Å². The standard InChI is InChI=1S/C17H12F7NOS/c1-27-13-9-11(15(18,16(19,20)21)17(22,23)24)7-8-12(13)25-14(26)10-5-3-2-4-6-10/h2-9H,1H3,(H,25,26). The number of carbonyl (C=O) groups excluding carboxylic acids is 1. The van der Waals surface area contributed by atoms with Crippen LogP contribution < -0.4 is 5.32 Å². The van der Waals surface area contributed by atoms with Gasteiger partial charge in [0.1, 0.15) is 0 Å². The Bertz CT molecular complexity index is 804. The lowest BCUT2D eigenvalue weighted by Crippen LogP contribution is -2.50. The number of amides is 1. The van der Waals surface area contributed by atoms with E-state index in [1.54, 1.807) is 18.2 Å². The van der Waals surface area contributed by atoms with Gasteiger partial charge in [-0.25, -0.2) is 4.39 Å². The molecule has 1 amide bonds. The van der Waals surface area contributed by atoms with Crippen molar-refractivity contribution in [1.82, 2.24) is 0 Å². The fourth-order valence-electron chi connectivity index (χ4n) is 2.28. The van der Waals surface area contributed by atoms with Crippen LogP contribution in [0.2, 0.25) is 0 Å². The lowest BCUT2D eigenvalue weighted by molar-refractivity contribution is -0.348. The molecule has 0 aliphatic carbocycles. The van der Waals surface area contributed by atoms with Crippen LogP contribution >= 0.6 is 11.8 Å². The van der Waals surface area contributed by atoms with Gasteiger partial charge in [-0.3, -0.25) is 4.79 Å². The van der Waals surface area contributed by atoms with E-state index in [1.807, 2.05) is 0 Å². The number of nitrogens with one attached hydrogen (secondary N) is 1. The zero-order valence-corrected chi connectivity index (χ0v) is 14.4. The van der Waals surface area contributed by atoms with E-state index in [-0.39, 0.29) is 16.1 Å². The van der Waals surface area contributed by atoms with Crippen LogP contribution in [-0.4, -0.2) is 24.5 Å². The summed E-state index contributed by atoms with van der Waals surface area (Å²) in [5.74, 6) is -0.614. The molecule has 0 saturated heterocycles. The van der Waals surface area contributed by atoms with Crippen LogP contribution in [0.4, 0.5) is 36.4 Å². The summed E-state index contributed by atoms with van der Waals surface area (Å²) in [6.45, 7) is 0. The van der Waals surface area contributed by atoms with Gasteiger partial charge in [-0.2, -0.15) is 26.3 Å². The average molecular weight is 411 g/mol. The molecule has 2 rings (SSSR count). The van der Waals surface area contributed by atoms with E-state index in [4.69, 9.17) is 0 Å². The zero-order chi connectivity index (χ0) is 20.5. The highest BCUT2D eigenvalue weighted by Gasteiger charge is 2.73. The molecule has 0 heterocycles. The largest absolute Gasteiger partial charge is 0.435 e. The average Bonchev–Trinajstić information content (AvgIpc) is 2.60. The fourth-order valence-corrected chi connectivity index (χ4v) is 2.86. The number of halogens is 7. The van der Waals surface area contributed by atoms with Crippen molar-refractivity contribution in [2.24, 2.45) is 0 Å². The first kappa shape index (κ1) is 21.1. The number of alkyl halides is 7. The van der Waals surface area contributed by atoms with Crippen molar-refractivity contribution in [1.29, 1.82) is 0 Å². The van der Waals surface area contributed by atoms with Crippen LogP contribution in [0.25, 0.3) is 0 Å². The summed E-state index contributed by atoms with van der Waals surface area (Å²) in [5.41, 5.74) is -6.93. The lowest BCUT2D eigenvalue weighted by atomic mass is 9.94. The van der Waals surface area contributed by atoms with Crippen molar-refractivity contribution in [2.75, 3.05) is 11.6 Å². The highest BCUT2D eigenvalue weighted by Crippen LogP contribution is 2.53. The van der Waals surface area contributed by atoms with Crippen molar-refractivity contribution in [3.05, 3.63) is 59.7 Å². The van der Waals surface area contributed by atoms with Gasteiger partial charge in [-0.15, -0.1) is 11.8 Å². The quantitative estimate of drug-likeness (QED) is 0.498. The molecular weight excluding hydrogens is 399 g/mol. The van der Waals surface area contributed by atoms with Crippen LogP contribution in [0.5, 0.6) is 0 Å². The Morgan fingerprint density at radius 2 is 1.44 bits per heavy atom. The number of carbonyl (C=O) groups is 1. The van der Waals surface area contributed by atoms with Crippen molar-refractivity contribution in [3.63, 3.8) is 0 Å². The van der Waals surface area contributed by atoms with E-state index in [0.717, 1.165) is 17.8 Å². The molecule has 0 bridgehead atoms. The number of hydrogen-bond acceptors (Lipinski definition) is 2. The number of hydrogen-bond donors (Lipinski definition) is 1. The molecule has 10 heteroatoms. The van der Waals surface area contributed by atoms with Gasteiger partial charge < -0.3 is 5.32 Å². The molecule has 0 aliphatic heterocycles. The third-order valence-corrected chi connectivity index (χ3v) is 4.44. The molecule has 0 spiro atoms. The number of thioether (sulfide) groups is 1. The Hall–Kier alpha value is -2.23. The number of benzene rings is 2. The molecule has 2 aromatic rings. The summed E-state index contributed by atoms with van der Waals surface area (Å²) >= 11 is 0.768. The van der Waals surface area contributed by atoms with E-state index < -0.39 is 29.5 Å². The molecule has 27 heavy (non-hydrogen) atoms. The molecule has 0 aliphatic rings. The van der Waals surface area contributed by atoms with E-state index in [2.05, 4.69) is 5.32 Å². The Kier molecular flexibility index (Phi) is 5.79. The zero-order valence-electron chi connectivity index (χ0n) is 13.6. The summed E-state index contributed by atoms with van der Waals surface area (Å²) in [6, 6.07) is 9.38. The van der Waals surface area contributed by atoms with Crippen LogP contribution in [0, 0.1) is 0 Å². The van der Waals surface area contributed by atoms with E-state index in [0.29, 0.717) is 12.1 Å². The van der Waals surface area contributed by atoms with Gasteiger partial charge in [0.2, 0.25) is 0 Å². The van der Waals surface area contributed by atoms with Gasteiger partial charge in [0.15, 0.2) is 0 Å². The van der Waals surface area contributed by atoms with Crippen LogP contribution in [-0.2, 0) is 5.67 Å². The third kappa shape index (κ3) is 4.05. The molecule has 0 radical (unpaired) electrons. The van der Waals surface area contributed by atoms with Crippen molar-refractivity contribution >= 4 is 23.4 Å². The second-order valence-corrected chi connectivity index (χ2v) is 6.24.